The van der Waals surface area contributed by atoms with E-state index in [-0.39, 0.29) is 5.91 Å². The number of amides is 1. The summed E-state index contributed by atoms with van der Waals surface area (Å²) < 4.78 is 5.70. The molecule has 0 aliphatic carbocycles. The topological polar surface area (TPSA) is 80.9 Å². The molecule has 0 saturated heterocycles. The van der Waals surface area contributed by atoms with Gasteiger partial charge in [0.1, 0.15) is 11.3 Å². The second-order valence-corrected chi connectivity index (χ2v) is 8.03. The van der Waals surface area contributed by atoms with Crippen LogP contribution in [0.2, 0.25) is 10.0 Å². The summed E-state index contributed by atoms with van der Waals surface area (Å²) in [6.07, 6.45) is 0. The number of nitrogens with one attached hydrogen (secondary N) is 1. The molecule has 6 nitrogen and oxygen atoms in total. The molecule has 1 N–H and O–H groups in total. The van der Waals surface area contributed by atoms with Crippen LogP contribution < -0.4 is 5.32 Å². The molecule has 0 fully saturated rings. The Kier molecular flexibility index (Phi) is 5.63. The molecule has 3 aromatic rings. The highest BCUT2D eigenvalue weighted by Gasteiger charge is 2.19. The number of hydrogen-bond acceptors (Lipinski definition) is 7. The summed E-state index contributed by atoms with van der Waals surface area (Å²) in [6, 6.07) is 5.38. The Hall–Kier alpha value is -1.61. The van der Waals surface area contributed by atoms with E-state index >= 15 is 0 Å². The van der Waals surface area contributed by atoms with Gasteiger partial charge in [-0.15, -0.1) is 10.2 Å². The maximum absolute atomic E-state index is 12.3. The number of halogens is 2. The number of benzene rings is 1. The smallest absolute Gasteiger partial charge is 0.263 e. The zero-order chi connectivity index (χ0) is 18.0. The molecule has 0 radical (unpaired) electrons. The van der Waals surface area contributed by atoms with Gasteiger partial charge in [-0.05, 0) is 31.5 Å². The molecular formula is C15H12Cl2N4O2S2. The van der Waals surface area contributed by atoms with E-state index in [9.17, 15) is 4.79 Å². The van der Waals surface area contributed by atoms with Gasteiger partial charge < -0.3 is 4.52 Å². The van der Waals surface area contributed by atoms with E-state index in [0.29, 0.717) is 42.3 Å². The highest BCUT2D eigenvalue weighted by molar-refractivity contribution is 8.00. The first-order valence-electron chi connectivity index (χ1n) is 7.09. The van der Waals surface area contributed by atoms with Crippen molar-refractivity contribution in [3.63, 3.8) is 0 Å². The van der Waals surface area contributed by atoms with Gasteiger partial charge in [0, 0.05) is 15.8 Å². The summed E-state index contributed by atoms with van der Waals surface area (Å²) in [4.78, 5) is 12.3. The summed E-state index contributed by atoms with van der Waals surface area (Å²) in [6.45, 7) is 3.39. The lowest BCUT2D eigenvalue weighted by Gasteiger charge is -2.04. The van der Waals surface area contributed by atoms with Gasteiger partial charge in [0.15, 0.2) is 4.34 Å². The zero-order valence-corrected chi connectivity index (χ0v) is 16.3. The van der Waals surface area contributed by atoms with Crippen molar-refractivity contribution in [1.29, 1.82) is 0 Å². The molecular weight excluding hydrogens is 403 g/mol. The maximum Gasteiger partial charge on any atom is 0.263 e. The first kappa shape index (κ1) is 18.2. The monoisotopic (exact) mass is 414 g/mol. The molecule has 130 valence electrons. The number of carbonyl (C=O) groups is 1. The van der Waals surface area contributed by atoms with E-state index in [4.69, 9.17) is 27.7 Å². The first-order valence-corrected chi connectivity index (χ1v) is 9.65. The molecule has 0 aliphatic heterocycles. The van der Waals surface area contributed by atoms with Crippen LogP contribution in [0.25, 0.3) is 0 Å². The van der Waals surface area contributed by atoms with Crippen LogP contribution in [0.4, 0.5) is 5.13 Å². The number of aryl methyl sites for hydroxylation is 2. The molecule has 3 rings (SSSR count). The normalized spacial score (nSPS) is 10.9. The van der Waals surface area contributed by atoms with Gasteiger partial charge in [-0.25, -0.2) is 0 Å². The number of nitrogens with zero attached hydrogens (tertiary/aromatic N) is 3. The number of carbonyl (C=O) groups excluding carboxylic acids is 1. The number of anilines is 1. The second kappa shape index (κ2) is 7.74. The van der Waals surface area contributed by atoms with Gasteiger partial charge in [-0.2, -0.15) is 0 Å². The molecule has 1 amide bonds. The largest absolute Gasteiger partial charge is 0.361 e. The molecule has 0 atom stereocenters. The van der Waals surface area contributed by atoms with E-state index in [1.807, 2.05) is 0 Å². The number of thioether (sulfide) groups is 1. The van der Waals surface area contributed by atoms with Crippen LogP contribution in [-0.2, 0) is 5.75 Å². The van der Waals surface area contributed by atoms with Crippen LogP contribution >= 0.6 is 46.3 Å². The highest BCUT2D eigenvalue weighted by atomic mass is 35.5. The molecule has 0 aliphatic rings. The third-order valence-corrected chi connectivity index (χ3v) is 6.00. The summed E-state index contributed by atoms with van der Waals surface area (Å²) in [5.74, 6) is 0.700. The lowest BCUT2D eigenvalue weighted by atomic mass is 10.2. The minimum Gasteiger partial charge on any atom is -0.361 e. The van der Waals surface area contributed by atoms with Crippen LogP contribution in [0.5, 0.6) is 0 Å². The lowest BCUT2D eigenvalue weighted by molar-refractivity contribution is 0.102. The van der Waals surface area contributed by atoms with Crippen LogP contribution in [0.3, 0.4) is 0 Å². The SMILES string of the molecule is Cc1noc(C)c1C(=O)Nc1nnc(SCc2c(Cl)cccc2Cl)s1. The molecule has 0 saturated carbocycles. The Morgan fingerprint density at radius 3 is 2.64 bits per heavy atom. The van der Waals surface area contributed by atoms with E-state index in [1.54, 1.807) is 32.0 Å². The predicted molar refractivity (Wildman–Crippen MR) is 99.9 cm³/mol. The number of rotatable bonds is 5. The summed E-state index contributed by atoms with van der Waals surface area (Å²) in [7, 11) is 0. The Morgan fingerprint density at radius 2 is 2.00 bits per heavy atom. The first-order chi connectivity index (χ1) is 12.0. The molecule has 0 unspecified atom stereocenters. The third-order valence-electron chi connectivity index (χ3n) is 3.29. The van der Waals surface area contributed by atoms with Crippen molar-refractivity contribution in [1.82, 2.24) is 15.4 Å². The van der Waals surface area contributed by atoms with E-state index in [2.05, 4.69) is 20.7 Å². The molecule has 0 spiro atoms. The second-order valence-electron chi connectivity index (χ2n) is 5.02. The fraction of sp³-hybridized carbons (Fsp3) is 0.200. The van der Waals surface area contributed by atoms with Crippen LogP contribution in [0.1, 0.15) is 27.4 Å². The fourth-order valence-electron chi connectivity index (χ4n) is 2.09. The molecule has 1 aromatic carbocycles. The van der Waals surface area contributed by atoms with Crippen molar-refractivity contribution >= 4 is 57.3 Å². The van der Waals surface area contributed by atoms with Crippen molar-refractivity contribution in [3.8, 4) is 0 Å². The predicted octanol–water partition coefficient (Wildman–Crippen LogP) is 4.99. The van der Waals surface area contributed by atoms with Crippen molar-refractivity contribution in [2.24, 2.45) is 0 Å². The van der Waals surface area contributed by atoms with E-state index in [1.165, 1.54) is 23.1 Å². The zero-order valence-electron chi connectivity index (χ0n) is 13.2. The van der Waals surface area contributed by atoms with Gasteiger partial charge >= 0.3 is 0 Å². The van der Waals surface area contributed by atoms with Crippen LogP contribution in [0.15, 0.2) is 27.1 Å². The van der Waals surface area contributed by atoms with Gasteiger partial charge in [0.25, 0.3) is 5.91 Å². The molecule has 10 heteroatoms. The summed E-state index contributed by atoms with van der Waals surface area (Å²) in [5.41, 5.74) is 1.78. The highest BCUT2D eigenvalue weighted by Crippen LogP contribution is 2.33. The van der Waals surface area contributed by atoms with Crippen LogP contribution in [0, 0.1) is 13.8 Å². The molecule has 2 heterocycles. The van der Waals surface area contributed by atoms with Crippen molar-refractivity contribution in [2.45, 2.75) is 23.9 Å². The van der Waals surface area contributed by atoms with Crippen LogP contribution in [-0.4, -0.2) is 21.3 Å². The minimum absolute atomic E-state index is 0.321. The fourth-order valence-corrected chi connectivity index (χ4v) is 4.58. The van der Waals surface area contributed by atoms with E-state index < -0.39 is 0 Å². The van der Waals surface area contributed by atoms with E-state index in [0.717, 1.165) is 5.56 Å². The number of hydrogen-bond donors (Lipinski definition) is 1. The summed E-state index contributed by atoms with van der Waals surface area (Å²) >= 11 is 15.0. The quantitative estimate of drug-likeness (QED) is 0.467. The molecule has 25 heavy (non-hydrogen) atoms. The Bertz CT molecular complexity index is 886. The van der Waals surface area contributed by atoms with Gasteiger partial charge in [-0.1, -0.05) is 57.5 Å². The van der Waals surface area contributed by atoms with Gasteiger partial charge in [0.05, 0.1) is 5.69 Å². The molecule has 2 aromatic heterocycles. The standard InChI is InChI=1S/C15H12Cl2N4O2S2/c1-7-12(8(2)23-21-7)13(22)18-14-19-20-15(25-14)24-6-9-10(16)4-3-5-11(9)17/h3-5H,6H2,1-2H3,(H,18,19,22). The van der Waals surface area contributed by atoms with Crippen molar-refractivity contribution < 1.29 is 9.32 Å². The van der Waals surface area contributed by atoms with Crippen molar-refractivity contribution in [3.05, 3.63) is 50.8 Å². The summed E-state index contributed by atoms with van der Waals surface area (Å²) in [5, 5.41) is 16.1. The average Bonchev–Trinajstić information content (AvgIpc) is 3.13. The number of aromatic nitrogens is 3. The van der Waals surface area contributed by atoms with Gasteiger partial charge in [-0.3, -0.25) is 10.1 Å². The lowest BCUT2D eigenvalue weighted by Crippen LogP contribution is -2.13. The van der Waals surface area contributed by atoms with Gasteiger partial charge in [0.2, 0.25) is 5.13 Å². The van der Waals surface area contributed by atoms with Crippen molar-refractivity contribution in [2.75, 3.05) is 5.32 Å². The minimum atomic E-state index is -0.321. The molecule has 0 bridgehead atoms. The Labute approximate surface area is 161 Å². The third kappa shape index (κ3) is 4.14. The average molecular weight is 415 g/mol. The Balaban J connectivity index is 1.66. The Morgan fingerprint density at radius 1 is 1.28 bits per heavy atom. The maximum atomic E-state index is 12.3.